The zero-order valence-electron chi connectivity index (χ0n) is 14.0. The molecule has 3 nitrogen and oxygen atoms in total. The lowest BCUT2D eigenvalue weighted by Gasteiger charge is -2.49. The summed E-state index contributed by atoms with van der Waals surface area (Å²) in [6.07, 6.45) is -9.49. The molecule has 1 aliphatic heterocycles. The summed E-state index contributed by atoms with van der Waals surface area (Å²) < 4.78 is 85.0. The number of hydrogen-bond acceptors (Lipinski definition) is 2. The molecule has 2 aliphatic carbocycles. The molecular formula is C18H14F6N2O. The van der Waals surface area contributed by atoms with E-state index in [-0.39, 0.29) is 12.1 Å². The quantitative estimate of drug-likeness (QED) is 0.507. The van der Waals surface area contributed by atoms with E-state index in [2.05, 4.69) is 5.10 Å². The lowest BCUT2D eigenvalue weighted by molar-refractivity contribution is -0.368. The molecule has 1 heterocycles. The number of alkyl halides is 6. The summed E-state index contributed by atoms with van der Waals surface area (Å²) in [5.41, 5.74) is -7.34. The number of hydrazone groups is 1. The molecule has 1 aromatic carbocycles. The third-order valence-corrected chi connectivity index (χ3v) is 6.06. The number of anilines is 1. The topological polar surface area (TPSA) is 32.7 Å². The maximum Gasteiger partial charge on any atom is 0.405 e. The van der Waals surface area contributed by atoms with Crippen LogP contribution in [-0.2, 0) is 4.79 Å². The number of rotatable bonds is 1. The van der Waals surface area contributed by atoms with Crippen molar-refractivity contribution in [3.63, 3.8) is 0 Å². The molecular weight excluding hydrogens is 374 g/mol. The summed E-state index contributed by atoms with van der Waals surface area (Å²) in [6, 6.07) is 7.51. The van der Waals surface area contributed by atoms with Gasteiger partial charge in [0.25, 0.3) is 5.91 Å². The molecule has 1 spiro atoms. The van der Waals surface area contributed by atoms with Gasteiger partial charge < -0.3 is 0 Å². The second kappa shape index (κ2) is 5.14. The smallest absolute Gasteiger partial charge is 0.271 e. The highest BCUT2D eigenvalue weighted by atomic mass is 19.4. The van der Waals surface area contributed by atoms with Gasteiger partial charge in [0.05, 0.1) is 11.4 Å². The van der Waals surface area contributed by atoms with Crippen LogP contribution in [0.3, 0.4) is 0 Å². The van der Waals surface area contributed by atoms with E-state index in [1.165, 1.54) is 30.3 Å². The minimum absolute atomic E-state index is 0.128. The molecule has 2 bridgehead atoms. The molecule has 1 fully saturated rings. The number of nitrogens with zero attached hydrogens (tertiary/aromatic N) is 2. The van der Waals surface area contributed by atoms with Crippen molar-refractivity contribution >= 4 is 17.3 Å². The van der Waals surface area contributed by atoms with Crippen LogP contribution in [0.2, 0.25) is 0 Å². The van der Waals surface area contributed by atoms with E-state index in [1.807, 2.05) is 0 Å². The van der Waals surface area contributed by atoms with Crippen LogP contribution in [-0.4, -0.2) is 24.0 Å². The highest BCUT2D eigenvalue weighted by molar-refractivity contribution is 6.20. The van der Waals surface area contributed by atoms with Gasteiger partial charge in [-0.15, -0.1) is 0 Å². The standard InChI is InChI=1S/C18H14F6N2O/c1-10-15(14(27)26(25-10)13-5-3-2-4-6-13)11-7-8-12(9-11)16(15,17(19,20)21)18(22,23)24/h2-8,11-12H,9H2,1H3/t11-,12-,15+/m0/s1. The van der Waals surface area contributed by atoms with Crippen molar-refractivity contribution in [2.45, 2.75) is 25.7 Å². The van der Waals surface area contributed by atoms with E-state index in [0.29, 0.717) is 5.01 Å². The van der Waals surface area contributed by atoms with Gasteiger partial charge in [-0.2, -0.15) is 36.5 Å². The molecule has 3 aliphatic rings. The van der Waals surface area contributed by atoms with Gasteiger partial charge in [0, 0.05) is 5.92 Å². The lowest BCUT2D eigenvalue weighted by atomic mass is 9.54. The van der Waals surface area contributed by atoms with Crippen molar-refractivity contribution in [3.05, 3.63) is 42.5 Å². The van der Waals surface area contributed by atoms with Gasteiger partial charge in [-0.05, 0) is 31.4 Å². The summed E-state index contributed by atoms with van der Waals surface area (Å²) in [6.45, 7) is 1.08. The van der Waals surface area contributed by atoms with Crippen LogP contribution in [0.15, 0.2) is 47.6 Å². The van der Waals surface area contributed by atoms with Crippen LogP contribution in [0.1, 0.15) is 13.3 Å². The SMILES string of the molecule is CC1=NN(c2ccccc2)C(=O)[C@]12[C@H]1C=C[C@@H](C1)C2(C(F)(F)F)C(F)(F)F. The molecule has 1 aromatic rings. The van der Waals surface area contributed by atoms with E-state index >= 15 is 0 Å². The third-order valence-electron chi connectivity index (χ3n) is 6.06. The number of fused-ring (bicyclic) bond motifs is 3. The first kappa shape index (κ1) is 18.1. The molecule has 0 saturated heterocycles. The Balaban J connectivity index is 2.00. The van der Waals surface area contributed by atoms with Gasteiger partial charge in [-0.1, -0.05) is 30.4 Å². The Morgan fingerprint density at radius 3 is 2.11 bits per heavy atom. The van der Waals surface area contributed by atoms with Crippen LogP contribution >= 0.6 is 0 Å². The minimum Gasteiger partial charge on any atom is -0.271 e. The number of amides is 1. The summed E-state index contributed by atoms with van der Waals surface area (Å²) in [5.74, 6) is -4.35. The predicted octanol–water partition coefficient (Wildman–Crippen LogP) is 4.71. The van der Waals surface area contributed by atoms with Gasteiger partial charge >= 0.3 is 12.4 Å². The lowest BCUT2D eigenvalue weighted by Crippen LogP contribution is -2.67. The maximum atomic E-state index is 14.2. The minimum atomic E-state index is -5.67. The van der Waals surface area contributed by atoms with Crippen molar-refractivity contribution < 1.29 is 31.1 Å². The van der Waals surface area contributed by atoms with Crippen LogP contribution in [0, 0.1) is 22.7 Å². The van der Waals surface area contributed by atoms with E-state index in [0.717, 1.165) is 13.0 Å². The van der Waals surface area contributed by atoms with Crippen molar-refractivity contribution in [2.75, 3.05) is 5.01 Å². The number of para-hydroxylation sites is 1. The maximum absolute atomic E-state index is 14.2. The fourth-order valence-electron chi connectivity index (χ4n) is 5.18. The summed E-state index contributed by atoms with van der Waals surface area (Å²) in [4.78, 5) is 13.2. The summed E-state index contributed by atoms with van der Waals surface area (Å²) >= 11 is 0. The molecule has 4 rings (SSSR count). The van der Waals surface area contributed by atoms with Crippen LogP contribution < -0.4 is 5.01 Å². The molecule has 144 valence electrons. The molecule has 0 aromatic heterocycles. The highest BCUT2D eigenvalue weighted by Crippen LogP contribution is 2.76. The number of carbonyl (C=O) groups is 1. The first-order valence-corrected chi connectivity index (χ1v) is 8.26. The van der Waals surface area contributed by atoms with E-state index in [9.17, 15) is 31.1 Å². The Morgan fingerprint density at radius 2 is 1.56 bits per heavy atom. The van der Waals surface area contributed by atoms with Crippen LogP contribution in [0.25, 0.3) is 0 Å². The molecule has 1 amide bonds. The van der Waals surface area contributed by atoms with Gasteiger partial charge in [0.15, 0.2) is 5.41 Å². The van der Waals surface area contributed by atoms with Crippen LogP contribution in [0.5, 0.6) is 0 Å². The van der Waals surface area contributed by atoms with Crippen molar-refractivity contribution in [3.8, 4) is 0 Å². The third kappa shape index (κ3) is 1.84. The average molecular weight is 388 g/mol. The Labute approximate surface area is 150 Å². The fourth-order valence-corrected chi connectivity index (χ4v) is 5.18. The second-order valence-electron chi connectivity index (χ2n) is 7.08. The average Bonchev–Trinajstić information content (AvgIpc) is 3.22. The van der Waals surface area contributed by atoms with Crippen molar-refractivity contribution in [1.29, 1.82) is 0 Å². The predicted molar refractivity (Wildman–Crippen MR) is 84.8 cm³/mol. The van der Waals surface area contributed by atoms with E-state index in [4.69, 9.17) is 0 Å². The second-order valence-corrected chi connectivity index (χ2v) is 7.08. The summed E-state index contributed by atoms with van der Waals surface area (Å²) in [7, 11) is 0. The Morgan fingerprint density at radius 1 is 1.00 bits per heavy atom. The number of carbonyl (C=O) groups excluding carboxylic acids is 1. The molecule has 9 heteroatoms. The number of benzene rings is 1. The Hall–Kier alpha value is -2.32. The molecule has 0 radical (unpaired) electrons. The van der Waals surface area contributed by atoms with E-state index < -0.39 is 46.6 Å². The van der Waals surface area contributed by atoms with Gasteiger partial charge in [0.2, 0.25) is 0 Å². The molecule has 3 atom stereocenters. The molecule has 0 N–H and O–H groups in total. The Bertz CT molecular complexity index is 843. The number of halogens is 6. The van der Waals surface area contributed by atoms with Gasteiger partial charge in [-0.3, -0.25) is 4.79 Å². The summed E-state index contributed by atoms with van der Waals surface area (Å²) in [5, 5.41) is 4.56. The zero-order chi connectivity index (χ0) is 19.8. The molecule has 27 heavy (non-hydrogen) atoms. The highest BCUT2D eigenvalue weighted by Gasteiger charge is 2.90. The monoisotopic (exact) mass is 388 g/mol. The van der Waals surface area contributed by atoms with Crippen molar-refractivity contribution in [1.82, 2.24) is 0 Å². The number of allylic oxidation sites excluding steroid dienone is 2. The van der Waals surface area contributed by atoms with Gasteiger partial charge in [0.1, 0.15) is 5.41 Å². The van der Waals surface area contributed by atoms with E-state index in [1.54, 1.807) is 6.07 Å². The first-order chi connectivity index (χ1) is 12.5. The molecule has 0 unspecified atom stereocenters. The number of hydrogen-bond donors (Lipinski definition) is 0. The first-order valence-electron chi connectivity index (χ1n) is 8.26. The van der Waals surface area contributed by atoms with Crippen molar-refractivity contribution in [2.24, 2.45) is 27.8 Å². The largest absolute Gasteiger partial charge is 0.405 e. The van der Waals surface area contributed by atoms with Gasteiger partial charge in [-0.25, -0.2) is 0 Å². The fraction of sp³-hybridized carbons (Fsp3) is 0.444. The Kier molecular flexibility index (Phi) is 3.44. The molecule has 1 saturated carbocycles. The zero-order valence-corrected chi connectivity index (χ0v) is 14.0. The van der Waals surface area contributed by atoms with Crippen LogP contribution in [0.4, 0.5) is 32.0 Å². The normalized spacial score (nSPS) is 31.9.